The molecule has 0 spiro atoms. The second-order valence-electron chi connectivity index (χ2n) is 9.05. The molecule has 2 fully saturated rings. The van der Waals surface area contributed by atoms with Crippen molar-refractivity contribution < 1.29 is 28.9 Å². The first-order valence-electron chi connectivity index (χ1n) is 11.0. The van der Waals surface area contributed by atoms with Crippen molar-refractivity contribution in [1.29, 1.82) is 0 Å². The maximum atomic E-state index is 13.9. The van der Waals surface area contributed by atoms with Gasteiger partial charge >= 0.3 is 6.09 Å². The Labute approximate surface area is 185 Å². The molecule has 3 N–H and O–H groups in total. The molecule has 0 radical (unpaired) electrons. The fourth-order valence-electron chi connectivity index (χ4n) is 5.23. The molecule has 2 aromatic rings. The molecule has 7 nitrogen and oxygen atoms in total. The molecule has 8 heteroatoms. The highest BCUT2D eigenvalue weighted by Gasteiger charge is 2.52. The lowest BCUT2D eigenvalue weighted by molar-refractivity contribution is 0.0175. The molecule has 4 atom stereocenters. The highest BCUT2D eigenvalue weighted by molar-refractivity contribution is 5.86. The van der Waals surface area contributed by atoms with E-state index >= 15 is 0 Å². The third-order valence-corrected chi connectivity index (χ3v) is 6.78. The summed E-state index contributed by atoms with van der Waals surface area (Å²) in [7, 11) is 0. The lowest BCUT2D eigenvalue weighted by Gasteiger charge is -2.25. The van der Waals surface area contributed by atoms with E-state index in [0.29, 0.717) is 51.2 Å². The van der Waals surface area contributed by atoms with Gasteiger partial charge in [-0.15, -0.1) is 0 Å². The number of nitrogens with zero attached hydrogens (tertiary/aromatic N) is 1. The fourth-order valence-corrected chi connectivity index (χ4v) is 5.23. The first kappa shape index (κ1) is 21.2. The molecular weight excluding hydrogens is 415 g/mol. The van der Waals surface area contributed by atoms with Crippen LogP contribution in [0.2, 0.25) is 0 Å². The summed E-state index contributed by atoms with van der Waals surface area (Å²) in [6.07, 6.45) is 0.270. The normalized spacial score (nSPS) is 28.3. The number of para-hydroxylation sites is 1. The van der Waals surface area contributed by atoms with Crippen LogP contribution in [0.4, 0.5) is 14.9 Å². The number of ether oxygens (including phenoxy) is 2. The molecule has 1 aliphatic carbocycles. The van der Waals surface area contributed by atoms with Crippen LogP contribution in [0.15, 0.2) is 42.5 Å². The lowest BCUT2D eigenvalue weighted by atomic mass is 9.95. The molecule has 5 rings (SSSR count). The van der Waals surface area contributed by atoms with Gasteiger partial charge in [-0.2, -0.15) is 0 Å². The SMILES string of the molecule is O=C1Nc2ccc(C(O)CN3C[C@H]4C[C@H](Oc5ccccc5F)C[C@@]4(O)C3)cc2CCO1. The minimum absolute atomic E-state index is 0.0193. The Morgan fingerprint density at radius 1 is 1.31 bits per heavy atom. The Morgan fingerprint density at radius 2 is 2.16 bits per heavy atom. The second-order valence-corrected chi connectivity index (χ2v) is 9.05. The van der Waals surface area contributed by atoms with Crippen molar-refractivity contribution in [2.45, 2.75) is 37.1 Å². The van der Waals surface area contributed by atoms with Gasteiger partial charge in [0.15, 0.2) is 11.6 Å². The number of amides is 1. The van der Waals surface area contributed by atoms with E-state index in [1.807, 2.05) is 6.07 Å². The Morgan fingerprint density at radius 3 is 2.97 bits per heavy atom. The Balaban J connectivity index is 1.19. The predicted octanol–water partition coefficient (Wildman–Crippen LogP) is 2.87. The van der Waals surface area contributed by atoms with Crippen LogP contribution < -0.4 is 10.1 Å². The number of benzene rings is 2. The lowest BCUT2D eigenvalue weighted by Crippen LogP contribution is -2.36. The summed E-state index contributed by atoms with van der Waals surface area (Å²) in [6, 6.07) is 11.8. The van der Waals surface area contributed by atoms with Crippen LogP contribution in [0.3, 0.4) is 0 Å². The Bertz CT molecular complexity index is 1020. The van der Waals surface area contributed by atoms with Crippen molar-refractivity contribution in [3.8, 4) is 5.75 Å². The second kappa shape index (κ2) is 8.35. The van der Waals surface area contributed by atoms with Gasteiger partial charge in [-0.3, -0.25) is 10.2 Å². The Kier molecular flexibility index (Phi) is 5.53. The number of β-amino-alcohol motifs (C(OH)–C–C–N with tert-alkyl or cyclic N) is 2. The number of likely N-dealkylation sites (tertiary alicyclic amines) is 1. The molecule has 2 aromatic carbocycles. The van der Waals surface area contributed by atoms with Gasteiger partial charge in [-0.1, -0.05) is 24.3 Å². The third kappa shape index (κ3) is 4.18. The average molecular weight is 442 g/mol. The van der Waals surface area contributed by atoms with Crippen LogP contribution in [0.1, 0.15) is 30.1 Å². The number of halogens is 1. The molecule has 2 aliphatic heterocycles. The molecule has 2 heterocycles. The van der Waals surface area contributed by atoms with Gasteiger partial charge in [0.25, 0.3) is 0 Å². The van der Waals surface area contributed by atoms with E-state index in [4.69, 9.17) is 9.47 Å². The summed E-state index contributed by atoms with van der Waals surface area (Å²) < 4.78 is 24.7. The molecule has 0 bridgehead atoms. The minimum atomic E-state index is -0.898. The average Bonchev–Trinajstić information content (AvgIpc) is 3.11. The topological polar surface area (TPSA) is 91.3 Å². The summed E-state index contributed by atoms with van der Waals surface area (Å²) in [6.45, 7) is 1.80. The van der Waals surface area contributed by atoms with Crippen LogP contribution in [0.25, 0.3) is 0 Å². The zero-order chi connectivity index (χ0) is 22.3. The number of carbonyl (C=O) groups excluding carboxylic acids is 1. The van der Waals surface area contributed by atoms with Gasteiger partial charge in [0.1, 0.15) is 6.10 Å². The molecular formula is C24H27FN2O5. The number of cyclic esters (lactones) is 1. The molecule has 1 amide bonds. The van der Waals surface area contributed by atoms with E-state index in [2.05, 4.69) is 10.2 Å². The van der Waals surface area contributed by atoms with Gasteiger partial charge in [0.05, 0.1) is 18.3 Å². The van der Waals surface area contributed by atoms with E-state index in [1.54, 1.807) is 30.3 Å². The highest BCUT2D eigenvalue weighted by Crippen LogP contribution is 2.43. The number of aliphatic hydroxyl groups is 2. The third-order valence-electron chi connectivity index (χ3n) is 6.78. The summed E-state index contributed by atoms with van der Waals surface area (Å²) >= 11 is 0. The Hall–Kier alpha value is -2.68. The highest BCUT2D eigenvalue weighted by atomic mass is 19.1. The molecule has 1 saturated carbocycles. The maximum Gasteiger partial charge on any atom is 0.411 e. The number of anilines is 1. The van der Waals surface area contributed by atoms with Crippen molar-refractivity contribution in [2.75, 3.05) is 31.6 Å². The molecule has 32 heavy (non-hydrogen) atoms. The van der Waals surface area contributed by atoms with Crippen LogP contribution in [0, 0.1) is 11.7 Å². The molecule has 3 aliphatic rings. The quantitative estimate of drug-likeness (QED) is 0.660. The smallest absolute Gasteiger partial charge is 0.411 e. The van der Waals surface area contributed by atoms with Gasteiger partial charge in [-0.25, -0.2) is 9.18 Å². The zero-order valence-corrected chi connectivity index (χ0v) is 17.7. The van der Waals surface area contributed by atoms with Crippen molar-refractivity contribution in [3.05, 3.63) is 59.4 Å². The van der Waals surface area contributed by atoms with Gasteiger partial charge in [0, 0.05) is 44.1 Å². The maximum absolute atomic E-state index is 13.9. The molecule has 0 aromatic heterocycles. The van der Waals surface area contributed by atoms with Crippen molar-refractivity contribution >= 4 is 11.8 Å². The van der Waals surface area contributed by atoms with E-state index < -0.39 is 23.6 Å². The van der Waals surface area contributed by atoms with Gasteiger partial charge in [0.2, 0.25) is 0 Å². The number of hydrogen-bond acceptors (Lipinski definition) is 6. The monoisotopic (exact) mass is 442 g/mol. The summed E-state index contributed by atoms with van der Waals surface area (Å²) in [5.41, 5.74) is 1.50. The largest absolute Gasteiger partial charge is 0.487 e. The molecule has 170 valence electrons. The number of carbonyl (C=O) groups is 1. The van der Waals surface area contributed by atoms with Crippen LogP contribution in [-0.4, -0.2) is 59.2 Å². The minimum Gasteiger partial charge on any atom is -0.487 e. The fraction of sp³-hybridized carbons (Fsp3) is 0.458. The summed E-state index contributed by atoms with van der Waals surface area (Å²) in [5, 5.41) is 24.7. The van der Waals surface area contributed by atoms with E-state index in [0.717, 1.165) is 11.1 Å². The van der Waals surface area contributed by atoms with E-state index in [1.165, 1.54) is 6.07 Å². The molecule has 1 unspecified atom stereocenters. The number of rotatable bonds is 5. The molecule has 1 saturated heterocycles. The standard InChI is InChI=1S/C24H27FN2O5/c25-19-3-1-2-4-22(19)32-18-10-17-12-27(14-24(17,30)11-18)13-21(28)16-5-6-20-15(9-16)7-8-31-23(29)26-20/h1-6,9,17-18,21,28,30H,7-8,10-14H2,(H,26,29)/t17-,18+,21?,24-/m1/s1. The number of nitrogens with one attached hydrogen (secondary N) is 1. The van der Waals surface area contributed by atoms with Gasteiger partial charge in [-0.05, 0) is 35.7 Å². The first-order valence-corrected chi connectivity index (χ1v) is 11.0. The zero-order valence-electron chi connectivity index (χ0n) is 17.7. The van der Waals surface area contributed by atoms with Crippen molar-refractivity contribution in [1.82, 2.24) is 4.90 Å². The van der Waals surface area contributed by atoms with Crippen LogP contribution >= 0.6 is 0 Å². The first-order chi connectivity index (χ1) is 15.4. The summed E-state index contributed by atoms with van der Waals surface area (Å²) in [4.78, 5) is 13.6. The van der Waals surface area contributed by atoms with Crippen LogP contribution in [0.5, 0.6) is 5.75 Å². The van der Waals surface area contributed by atoms with Crippen LogP contribution in [-0.2, 0) is 11.2 Å². The number of aliphatic hydroxyl groups excluding tert-OH is 1. The number of fused-ring (bicyclic) bond motifs is 2. The van der Waals surface area contributed by atoms with Crippen molar-refractivity contribution in [2.24, 2.45) is 5.92 Å². The van der Waals surface area contributed by atoms with Crippen molar-refractivity contribution in [3.63, 3.8) is 0 Å². The van der Waals surface area contributed by atoms with E-state index in [9.17, 15) is 19.4 Å². The van der Waals surface area contributed by atoms with E-state index in [-0.39, 0.29) is 17.8 Å². The number of hydrogen-bond donors (Lipinski definition) is 3. The summed E-state index contributed by atoms with van der Waals surface area (Å²) in [5.74, 6) is -0.155. The predicted molar refractivity (Wildman–Crippen MR) is 115 cm³/mol. The van der Waals surface area contributed by atoms with Gasteiger partial charge < -0.3 is 19.7 Å².